The summed E-state index contributed by atoms with van der Waals surface area (Å²) in [5, 5.41) is 3.50. The van der Waals surface area contributed by atoms with E-state index < -0.39 is 0 Å². The summed E-state index contributed by atoms with van der Waals surface area (Å²) in [5.41, 5.74) is 0.829. The Labute approximate surface area is 157 Å². The molecule has 0 aliphatic heterocycles. The second kappa shape index (κ2) is 7.49. The number of nitrogens with zero attached hydrogens (tertiary/aromatic N) is 2. The number of nitrogens with one attached hydrogen (secondary N) is 1. The number of hydrogen-bond acceptors (Lipinski definition) is 4. The number of aryl methyl sites for hydroxylation is 1. The summed E-state index contributed by atoms with van der Waals surface area (Å²) in [6.45, 7) is 3.91. The van der Waals surface area contributed by atoms with Crippen LogP contribution in [-0.2, 0) is 17.8 Å². The zero-order valence-corrected chi connectivity index (χ0v) is 16.4. The fraction of sp³-hybridized carbons (Fsp3) is 0.278. The quantitative estimate of drug-likeness (QED) is 0.685. The summed E-state index contributed by atoms with van der Waals surface area (Å²) in [6, 6.07) is 9.50. The molecule has 1 atom stereocenters. The highest BCUT2D eigenvalue weighted by molar-refractivity contribution is 9.10. The van der Waals surface area contributed by atoms with Gasteiger partial charge < -0.3 is 5.32 Å². The molecule has 0 spiro atoms. The molecule has 7 heteroatoms. The lowest BCUT2D eigenvalue weighted by molar-refractivity contribution is -0.122. The number of aromatic nitrogens is 2. The van der Waals surface area contributed by atoms with E-state index in [1.54, 1.807) is 0 Å². The van der Waals surface area contributed by atoms with Crippen molar-refractivity contribution in [2.24, 2.45) is 0 Å². The summed E-state index contributed by atoms with van der Waals surface area (Å²) in [5.74, 6) is -0.218. The molecule has 1 amide bonds. The number of hydrogen-bond donors (Lipinski definition) is 1. The first kappa shape index (κ1) is 17.8. The highest BCUT2D eigenvalue weighted by atomic mass is 79.9. The monoisotopic (exact) mass is 419 g/mol. The Hall–Kier alpha value is -1.99. The molecule has 0 aliphatic rings. The molecule has 0 radical (unpaired) electrons. The summed E-state index contributed by atoms with van der Waals surface area (Å²) in [4.78, 5) is 31.0. The van der Waals surface area contributed by atoms with Crippen LogP contribution in [0.25, 0.3) is 10.2 Å². The first-order valence-corrected chi connectivity index (χ1v) is 9.61. The van der Waals surface area contributed by atoms with Crippen LogP contribution in [0.1, 0.15) is 30.3 Å². The molecule has 130 valence electrons. The minimum absolute atomic E-state index is 0.0417. The molecule has 2 heterocycles. The molecule has 0 aliphatic carbocycles. The van der Waals surface area contributed by atoms with Gasteiger partial charge in [0.1, 0.15) is 11.4 Å². The second-order valence-corrected chi connectivity index (χ2v) is 7.83. The number of fused-ring (bicyclic) bond motifs is 1. The Morgan fingerprint density at radius 3 is 2.76 bits per heavy atom. The van der Waals surface area contributed by atoms with Crippen molar-refractivity contribution in [3.05, 3.63) is 61.9 Å². The molecule has 1 N–H and O–H groups in total. The van der Waals surface area contributed by atoms with Gasteiger partial charge in [-0.05, 0) is 37.1 Å². The van der Waals surface area contributed by atoms with Crippen LogP contribution >= 0.6 is 27.3 Å². The second-order valence-electron chi connectivity index (χ2n) is 5.80. The van der Waals surface area contributed by atoms with E-state index in [2.05, 4.69) is 26.2 Å². The lowest BCUT2D eigenvalue weighted by Gasteiger charge is -2.15. The fourth-order valence-electron chi connectivity index (χ4n) is 2.57. The van der Waals surface area contributed by atoms with Crippen LogP contribution in [0.4, 0.5) is 0 Å². The molecule has 5 nitrogen and oxygen atoms in total. The van der Waals surface area contributed by atoms with Gasteiger partial charge in [0.05, 0.1) is 17.8 Å². The lowest BCUT2D eigenvalue weighted by atomic mass is 10.1. The predicted molar refractivity (Wildman–Crippen MR) is 104 cm³/mol. The van der Waals surface area contributed by atoms with Gasteiger partial charge >= 0.3 is 0 Å². The SMILES string of the molecule is CCc1cc2c(=O)n(CC(=O)NC(C)c3ccc(Br)cc3)cnc2s1. The van der Waals surface area contributed by atoms with Crippen molar-refractivity contribution in [1.29, 1.82) is 0 Å². The summed E-state index contributed by atoms with van der Waals surface area (Å²) < 4.78 is 2.35. The molecule has 0 bridgehead atoms. The van der Waals surface area contributed by atoms with Crippen molar-refractivity contribution in [3.63, 3.8) is 0 Å². The van der Waals surface area contributed by atoms with E-state index in [0.29, 0.717) is 5.39 Å². The van der Waals surface area contributed by atoms with E-state index in [1.807, 2.05) is 44.2 Å². The highest BCUT2D eigenvalue weighted by Gasteiger charge is 2.13. The lowest BCUT2D eigenvalue weighted by Crippen LogP contribution is -2.33. The van der Waals surface area contributed by atoms with E-state index >= 15 is 0 Å². The smallest absolute Gasteiger partial charge is 0.262 e. The molecule has 25 heavy (non-hydrogen) atoms. The van der Waals surface area contributed by atoms with Gasteiger partial charge in [0.15, 0.2) is 0 Å². The van der Waals surface area contributed by atoms with Gasteiger partial charge in [-0.1, -0.05) is 35.0 Å². The van der Waals surface area contributed by atoms with Crippen LogP contribution in [0.5, 0.6) is 0 Å². The predicted octanol–water partition coefficient (Wildman–Crippen LogP) is 3.66. The average Bonchev–Trinajstić information content (AvgIpc) is 3.02. The van der Waals surface area contributed by atoms with Gasteiger partial charge in [-0.2, -0.15) is 0 Å². The van der Waals surface area contributed by atoms with Crippen LogP contribution < -0.4 is 10.9 Å². The zero-order chi connectivity index (χ0) is 18.0. The third kappa shape index (κ3) is 3.99. The maximum absolute atomic E-state index is 12.5. The van der Waals surface area contributed by atoms with Crippen LogP contribution in [0.15, 0.2) is 45.9 Å². The number of amides is 1. The van der Waals surface area contributed by atoms with Gasteiger partial charge in [0.2, 0.25) is 5.91 Å². The van der Waals surface area contributed by atoms with E-state index in [9.17, 15) is 9.59 Å². The maximum atomic E-state index is 12.5. The molecule has 0 saturated carbocycles. The number of thiophene rings is 1. The topological polar surface area (TPSA) is 64.0 Å². The van der Waals surface area contributed by atoms with Gasteiger partial charge in [-0.15, -0.1) is 11.3 Å². The largest absolute Gasteiger partial charge is 0.348 e. The molecule has 1 aromatic carbocycles. The van der Waals surface area contributed by atoms with Crippen LogP contribution in [0, 0.1) is 0 Å². The minimum atomic E-state index is -0.218. The Balaban J connectivity index is 1.74. The van der Waals surface area contributed by atoms with Crippen molar-refractivity contribution < 1.29 is 4.79 Å². The maximum Gasteiger partial charge on any atom is 0.262 e. The molecule has 3 aromatic rings. The number of carbonyl (C=O) groups is 1. The van der Waals surface area contributed by atoms with Crippen LogP contribution in [0.2, 0.25) is 0 Å². The number of benzene rings is 1. The third-order valence-corrected chi connectivity index (χ3v) is 5.70. The van der Waals surface area contributed by atoms with E-state index in [0.717, 1.165) is 26.2 Å². The number of carbonyl (C=O) groups excluding carboxylic acids is 1. The minimum Gasteiger partial charge on any atom is -0.348 e. The number of halogens is 1. The summed E-state index contributed by atoms with van der Waals surface area (Å²) >= 11 is 4.91. The standard InChI is InChI=1S/C18H18BrN3O2S/c1-3-14-8-15-17(25-14)20-10-22(18(15)24)9-16(23)21-11(2)12-4-6-13(19)7-5-12/h4-8,10-11H,3,9H2,1-2H3,(H,21,23). The Morgan fingerprint density at radius 2 is 2.08 bits per heavy atom. The van der Waals surface area contributed by atoms with E-state index in [-0.39, 0.29) is 24.1 Å². The van der Waals surface area contributed by atoms with Crippen molar-refractivity contribution >= 4 is 43.4 Å². The summed E-state index contributed by atoms with van der Waals surface area (Å²) in [6.07, 6.45) is 2.32. The molecule has 2 aromatic heterocycles. The van der Waals surface area contributed by atoms with Gasteiger partial charge in [-0.25, -0.2) is 4.98 Å². The Kier molecular flexibility index (Phi) is 5.34. The normalized spacial score (nSPS) is 12.3. The Bertz CT molecular complexity index is 963. The first-order chi connectivity index (χ1) is 12.0. The van der Waals surface area contributed by atoms with Gasteiger partial charge in [0.25, 0.3) is 5.56 Å². The highest BCUT2D eigenvalue weighted by Crippen LogP contribution is 2.21. The molecule has 0 fully saturated rings. The Morgan fingerprint density at radius 1 is 1.36 bits per heavy atom. The van der Waals surface area contributed by atoms with E-state index in [1.165, 1.54) is 22.2 Å². The molecule has 1 unspecified atom stereocenters. The zero-order valence-electron chi connectivity index (χ0n) is 14.0. The van der Waals surface area contributed by atoms with Crippen molar-refractivity contribution in [2.75, 3.05) is 0 Å². The third-order valence-electron chi connectivity index (χ3n) is 3.98. The first-order valence-electron chi connectivity index (χ1n) is 8.00. The molecular weight excluding hydrogens is 402 g/mol. The van der Waals surface area contributed by atoms with Crippen molar-refractivity contribution in [1.82, 2.24) is 14.9 Å². The fourth-order valence-corrected chi connectivity index (χ4v) is 3.76. The van der Waals surface area contributed by atoms with Crippen molar-refractivity contribution in [2.45, 2.75) is 32.9 Å². The van der Waals surface area contributed by atoms with Gasteiger partial charge in [-0.3, -0.25) is 14.2 Å². The molecule has 0 saturated heterocycles. The molecular formula is C18H18BrN3O2S. The van der Waals surface area contributed by atoms with Crippen molar-refractivity contribution in [3.8, 4) is 0 Å². The summed E-state index contributed by atoms with van der Waals surface area (Å²) in [7, 11) is 0. The van der Waals surface area contributed by atoms with Gasteiger partial charge in [0, 0.05) is 9.35 Å². The van der Waals surface area contributed by atoms with E-state index in [4.69, 9.17) is 0 Å². The molecule has 3 rings (SSSR count). The average molecular weight is 420 g/mol. The van der Waals surface area contributed by atoms with Crippen LogP contribution in [0.3, 0.4) is 0 Å². The van der Waals surface area contributed by atoms with Crippen LogP contribution in [-0.4, -0.2) is 15.5 Å². The number of rotatable bonds is 5.